The van der Waals surface area contributed by atoms with Gasteiger partial charge in [0.05, 0.1) is 10.8 Å². The number of benzene rings is 2. The molecule has 2 atom stereocenters. The summed E-state index contributed by atoms with van der Waals surface area (Å²) < 4.78 is 8.66. The Morgan fingerprint density at radius 3 is 2.77 bits per heavy atom. The average molecular weight is 545 g/mol. The molecule has 2 aliphatic rings. The highest BCUT2D eigenvalue weighted by Crippen LogP contribution is 2.33. The molecule has 8 heteroatoms. The molecule has 6 rings (SSSR count). The number of carbonyl (C=O) groups excluding carboxylic acids is 2. The molecule has 2 aromatic heterocycles. The number of hydrogen-bond donors (Lipinski definition) is 2. The second-order valence-corrected chi connectivity index (χ2v) is 11.9. The highest BCUT2D eigenvalue weighted by atomic mass is 32.1. The predicted octanol–water partition coefficient (Wildman–Crippen LogP) is 4.79. The second-order valence-electron chi connectivity index (χ2n) is 10.8. The van der Waals surface area contributed by atoms with Crippen LogP contribution in [-0.2, 0) is 22.6 Å². The van der Waals surface area contributed by atoms with Crippen LogP contribution in [0.15, 0.2) is 60.8 Å². The van der Waals surface area contributed by atoms with E-state index in [-0.39, 0.29) is 23.8 Å². The molecule has 2 fully saturated rings. The lowest BCUT2D eigenvalue weighted by Gasteiger charge is -2.33. The summed E-state index contributed by atoms with van der Waals surface area (Å²) in [5, 5.41) is 8.90. The van der Waals surface area contributed by atoms with Crippen LogP contribution in [0.3, 0.4) is 0 Å². The first-order valence-electron chi connectivity index (χ1n) is 14.0. The summed E-state index contributed by atoms with van der Waals surface area (Å²) in [4.78, 5) is 29.8. The van der Waals surface area contributed by atoms with E-state index in [1.807, 2.05) is 30.3 Å². The van der Waals surface area contributed by atoms with Crippen molar-refractivity contribution in [1.29, 1.82) is 0 Å². The van der Waals surface area contributed by atoms with Gasteiger partial charge in [-0.25, -0.2) is 0 Å². The van der Waals surface area contributed by atoms with Crippen LogP contribution in [0, 0.1) is 5.92 Å². The third kappa shape index (κ3) is 5.73. The molecule has 204 valence electrons. The van der Waals surface area contributed by atoms with Crippen LogP contribution < -0.4 is 10.6 Å². The van der Waals surface area contributed by atoms with Gasteiger partial charge in [-0.05, 0) is 54.8 Å². The van der Waals surface area contributed by atoms with Gasteiger partial charge in [-0.15, -0.1) is 11.3 Å². The van der Waals surface area contributed by atoms with E-state index in [1.54, 1.807) is 7.11 Å². The van der Waals surface area contributed by atoms with Crippen molar-refractivity contribution in [3.63, 3.8) is 0 Å². The zero-order chi connectivity index (χ0) is 26.8. The van der Waals surface area contributed by atoms with E-state index in [2.05, 4.69) is 50.6 Å². The van der Waals surface area contributed by atoms with Crippen molar-refractivity contribution >= 4 is 44.1 Å². The number of aryl methyl sites for hydroxylation is 1. The maximum Gasteiger partial charge on any atom is 0.261 e. The minimum absolute atomic E-state index is 0.0589. The lowest BCUT2D eigenvalue weighted by molar-refractivity contribution is -0.137. The molecule has 1 saturated heterocycles. The molecule has 1 aliphatic heterocycles. The van der Waals surface area contributed by atoms with Crippen molar-refractivity contribution in [1.82, 2.24) is 20.1 Å². The molecule has 3 heterocycles. The number of rotatable bonds is 10. The molecule has 2 N–H and O–H groups in total. The zero-order valence-corrected chi connectivity index (χ0v) is 23.2. The Morgan fingerprint density at radius 2 is 1.95 bits per heavy atom. The summed E-state index contributed by atoms with van der Waals surface area (Å²) in [6.45, 7) is 3.56. The number of fused-ring (bicyclic) bond motifs is 2. The van der Waals surface area contributed by atoms with Crippen LogP contribution in [0.4, 0.5) is 0 Å². The van der Waals surface area contributed by atoms with E-state index in [9.17, 15) is 9.59 Å². The van der Waals surface area contributed by atoms with Crippen molar-refractivity contribution in [3.8, 4) is 0 Å². The second kappa shape index (κ2) is 11.5. The first-order chi connectivity index (χ1) is 19.1. The largest absolute Gasteiger partial charge is 0.385 e. The molecule has 4 aromatic rings. The van der Waals surface area contributed by atoms with E-state index in [1.165, 1.54) is 27.8 Å². The van der Waals surface area contributed by atoms with E-state index in [0.29, 0.717) is 37.0 Å². The molecule has 2 unspecified atom stereocenters. The first kappa shape index (κ1) is 26.0. The van der Waals surface area contributed by atoms with Crippen LogP contribution >= 0.6 is 11.3 Å². The molecule has 1 aliphatic carbocycles. The van der Waals surface area contributed by atoms with Crippen molar-refractivity contribution in [2.75, 3.05) is 26.8 Å². The quantitative estimate of drug-likeness (QED) is 0.282. The Morgan fingerprint density at radius 1 is 1.13 bits per heavy atom. The fourth-order valence-electron chi connectivity index (χ4n) is 5.79. The third-order valence-corrected chi connectivity index (χ3v) is 9.03. The monoisotopic (exact) mass is 544 g/mol. The Balaban J connectivity index is 1.14. The van der Waals surface area contributed by atoms with E-state index >= 15 is 0 Å². The van der Waals surface area contributed by atoms with Crippen LogP contribution in [0.1, 0.15) is 40.9 Å². The molecular weight excluding hydrogens is 508 g/mol. The van der Waals surface area contributed by atoms with Crippen molar-refractivity contribution in [3.05, 3.63) is 71.2 Å². The summed E-state index contributed by atoms with van der Waals surface area (Å²) in [6, 6.07) is 18.7. The van der Waals surface area contributed by atoms with Crippen LogP contribution in [-0.4, -0.2) is 60.2 Å². The number of ether oxygens (including phenoxy) is 1. The topological polar surface area (TPSA) is 75.6 Å². The fourth-order valence-corrected chi connectivity index (χ4v) is 6.76. The van der Waals surface area contributed by atoms with Gasteiger partial charge < -0.3 is 24.8 Å². The molecule has 0 spiro atoms. The Kier molecular flexibility index (Phi) is 7.68. The number of para-hydroxylation sites is 1. The smallest absolute Gasteiger partial charge is 0.261 e. The normalized spacial score (nSPS) is 19.4. The number of methoxy groups -OCH3 is 1. The highest BCUT2D eigenvalue weighted by Gasteiger charge is 2.38. The number of nitrogens with one attached hydrogen (secondary N) is 2. The Hall–Kier alpha value is -3.20. The lowest BCUT2D eigenvalue weighted by Crippen LogP contribution is -2.53. The van der Waals surface area contributed by atoms with Gasteiger partial charge in [-0.2, -0.15) is 0 Å². The Labute approximate surface area is 233 Å². The van der Waals surface area contributed by atoms with E-state index in [0.717, 1.165) is 42.5 Å². The van der Waals surface area contributed by atoms with Crippen LogP contribution in [0.2, 0.25) is 0 Å². The molecule has 1 saturated carbocycles. The van der Waals surface area contributed by atoms with Gasteiger partial charge in [0, 0.05) is 73.8 Å². The molecule has 39 heavy (non-hydrogen) atoms. The van der Waals surface area contributed by atoms with Gasteiger partial charge in [0.15, 0.2) is 0 Å². The Bertz CT molecular complexity index is 1440. The number of piperidine rings is 1. The number of carbonyl (C=O) groups is 2. The first-order valence-corrected chi connectivity index (χ1v) is 14.8. The van der Waals surface area contributed by atoms with Crippen molar-refractivity contribution in [2.45, 2.75) is 50.9 Å². The van der Waals surface area contributed by atoms with Gasteiger partial charge in [0.2, 0.25) is 5.91 Å². The lowest BCUT2D eigenvalue weighted by atomic mass is 9.94. The van der Waals surface area contributed by atoms with Crippen molar-refractivity contribution < 1.29 is 14.3 Å². The summed E-state index contributed by atoms with van der Waals surface area (Å²) in [5.41, 5.74) is 2.40. The summed E-state index contributed by atoms with van der Waals surface area (Å²) in [5.74, 6) is -0.0134. The average Bonchev–Trinajstić information content (AvgIpc) is 3.61. The molecule has 2 amide bonds. The van der Waals surface area contributed by atoms with Crippen LogP contribution in [0.25, 0.3) is 21.0 Å². The minimum atomic E-state index is -0.151. The minimum Gasteiger partial charge on any atom is -0.385 e. The molecule has 2 aromatic carbocycles. The van der Waals surface area contributed by atoms with Gasteiger partial charge in [-0.1, -0.05) is 36.4 Å². The molecule has 7 nitrogen and oxygen atoms in total. The molecular formula is C31H36N4O3S. The predicted molar refractivity (Wildman–Crippen MR) is 156 cm³/mol. The number of aromatic nitrogens is 1. The summed E-state index contributed by atoms with van der Waals surface area (Å²) in [7, 11) is 1.73. The van der Waals surface area contributed by atoms with E-state index < -0.39 is 0 Å². The van der Waals surface area contributed by atoms with Gasteiger partial charge in [0.1, 0.15) is 0 Å². The molecule has 0 radical (unpaired) electrons. The standard InChI is InChI=1S/C31H36N4O3S/c1-38-14-6-13-34-19-23(26-8-3-4-9-27(26)34)20-35(25-11-12-25)31(37)22-15-24(18-32-17-22)33-30(36)29-16-21-7-2-5-10-28(21)39-29/h2-5,7-10,16,19,22,24-25,32H,6,11-15,17-18,20H2,1H3,(H,33,36). The third-order valence-electron chi connectivity index (χ3n) is 7.91. The highest BCUT2D eigenvalue weighted by molar-refractivity contribution is 7.20. The number of nitrogens with zero attached hydrogens (tertiary/aromatic N) is 2. The van der Waals surface area contributed by atoms with Gasteiger partial charge >= 0.3 is 0 Å². The van der Waals surface area contributed by atoms with Gasteiger partial charge in [-0.3, -0.25) is 9.59 Å². The number of hydrogen-bond acceptors (Lipinski definition) is 5. The van der Waals surface area contributed by atoms with Gasteiger partial charge in [0.25, 0.3) is 5.91 Å². The van der Waals surface area contributed by atoms with Crippen molar-refractivity contribution in [2.24, 2.45) is 5.92 Å². The molecule has 0 bridgehead atoms. The number of amides is 2. The maximum atomic E-state index is 13.9. The zero-order valence-electron chi connectivity index (χ0n) is 22.4. The SMILES string of the molecule is COCCCn1cc(CN(C(=O)C2CNCC(NC(=O)c3cc4ccccc4s3)C2)C2CC2)c2ccccc21. The fraction of sp³-hybridized carbons (Fsp3) is 0.419. The number of thiophene rings is 1. The maximum absolute atomic E-state index is 13.9. The van der Waals surface area contributed by atoms with Crippen LogP contribution in [0.5, 0.6) is 0 Å². The summed E-state index contributed by atoms with van der Waals surface area (Å²) in [6.07, 6.45) is 5.94. The summed E-state index contributed by atoms with van der Waals surface area (Å²) >= 11 is 1.51. The van der Waals surface area contributed by atoms with E-state index in [4.69, 9.17) is 4.74 Å².